The van der Waals surface area contributed by atoms with Crippen molar-refractivity contribution >= 4 is 10.2 Å². The summed E-state index contributed by atoms with van der Waals surface area (Å²) in [4.78, 5) is 0. The Bertz CT molecular complexity index is 279. The smallest absolute Gasteiger partial charge is 0.281 e. The number of piperidine rings is 1. The molecule has 1 rings (SSSR count). The maximum absolute atomic E-state index is 11.8. The molecule has 84 valence electrons. The maximum atomic E-state index is 11.8. The van der Waals surface area contributed by atoms with E-state index in [-0.39, 0.29) is 6.04 Å². The largest absolute Gasteiger partial charge is 0.326 e. The Labute approximate surface area is 86.0 Å². The molecule has 1 aliphatic rings. The molecule has 1 saturated heterocycles. The first-order chi connectivity index (χ1) is 6.34. The zero-order chi connectivity index (χ0) is 10.9. The van der Waals surface area contributed by atoms with E-state index in [1.54, 1.807) is 14.1 Å². The normalized spacial score (nSPS) is 30.9. The third kappa shape index (κ3) is 2.44. The van der Waals surface area contributed by atoms with Crippen LogP contribution >= 0.6 is 0 Å². The van der Waals surface area contributed by atoms with Crippen molar-refractivity contribution in [1.29, 1.82) is 0 Å². The van der Waals surface area contributed by atoms with Gasteiger partial charge in [-0.15, -0.1) is 0 Å². The molecule has 0 saturated carbocycles. The minimum Gasteiger partial charge on any atom is -0.326 e. The molecule has 1 fully saturated rings. The van der Waals surface area contributed by atoms with Gasteiger partial charge in [0.15, 0.2) is 0 Å². The molecule has 2 atom stereocenters. The summed E-state index contributed by atoms with van der Waals surface area (Å²) in [6.45, 7) is 3.04. The lowest BCUT2D eigenvalue weighted by Gasteiger charge is -2.35. The van der Waals surface area contributed by atoms with Gasteiger partial charge in [0, 0.05) is 33.2 Å². The van der Waals surface area contributed by atoms with E-state index in [2.05, 4.69) is 0 Å². The molecule has 0 bridgehead atoms. The number of rotatable bonds is 2. The van der Waals surface area contributed by atoms with Gasteiger partial charge in [0.2, 0.25) is 0 Å². The quantitative estimate of drug-likeness (QED) is 0.681. The summed E-state index contributed by atoms with van der Waals surface area (Å²) in [7, 11) is -0.196. The van der Waals surface area contributed by atoms with Crippen LogP contribution in [0.25, 0.3) is 0 Å². The Hall–Kier alpha value is -0.170. The van der Waals surface area contributed by atoms with E-state index >= 15 is 0 Å². The van der Waals surface area contributed by atoms with Crippen LogP contribution in [0.5, 0.6) is 0 Å². The molecule has 6 heteroatoms. The van der Waals surface area contributed by atoms with Crippen LogP contribution < -0.4 is 5.73 Å². The zero-order valence-electron chi connectivity index (χ0n) is 8.97. The maximum Gasteiger partial charge on any atom is 0.281 e. The van der Waals surface area contributed by atoms with Crippen molar-refractivity contribution in [2.75, 3.05) is 27.2 Å². The summed E-state index contributed by atoms with van der Waals surface area (Å²) in [6, 6.07) is -0.0338. The fraction of sp³-hybridized carbons (Fsp3) is 1.00. The number of nitrogens with zero attached hydrogens (tertiary/aromatic N) is 2. The van der Waals surface area contributed by atoms with Crippen LogP contribution in [0.3, 0.4) is 0 Å². The topological polar surface area (TPSA) is 66.6 Å². The van der Waals surface area contributed by atoms with Crippen molar-refractivity contribution in [1.82, 2.24) is 8.61 Å². The Morgan fingerprint density at radius 1 is 1.36 bits per heavy atom. The first-order valence-electron chi connectivity index (χ1n) is 4.77. The molecule has 0 aromatic carbocycles. The van der Waals surface area contributed by atoms with Crippen LogP contribution in [0.1, 0.15) is 13.3 Å². The van der Waals surface area contributed by atoms with Gasteiger partial charge in [0.1, 0.15) is 0 Å². The SMILES string of the molecule is CC1CC(N)CN(S(=O)(=O)N(C)C)C1. The fourth-order valence-electron chi connectivity index (χ4n) is 1.77. The van der Waals surface area contributed by atoms with Gasteiger partial charge >= 0.3 is 0 Å². The van der Waals surface area contributed by atoms with Crippen LogP contribution in [-0.4, -0.2) is 50.3 Å². The summed E-state index contributed by atoms with van der Waals surface area (Å²) < 4.78 is 26.2. The van der Waals surface area contributed by atoms with Crippen LogP contribution in [0.2, 0.25) is 0 Å². The molecule has 1 heterocycles. The van der Waals surface area contributed by atoms with Crippen molar-refractivity contribution in [3.63, 3.8) is 0 Å². The van der Waals surface area contributed by atoms with Gasteiger partial charge in [-0.05, 0) is 12.3 Å². The van der Waals surface area contributed by atoms with Crippen molar-refractivity contribution in [3.05, 3.63) is 0 Å². The lowest BCUT2D eigenvalue weighted by molar-refractivity contribution is 0.244. The van der Waals surface area contributed by atoms with E-state index < -0.39 is 10.2 Å². The average Bonchev–Trinajstić information content (AvgIpc) is 2.01. The third-order valence-electron chi connectivity index (χ3n) is 2.45. The van der Waals surface area contributed by atoms with E-state index in [9.17, 15) is 8.42 Å². The van der Waals surface area contributed by atoms with Crippen LogP contribution in [0.4, 0.5) is 0 Å². The minimum atomic E-state index is -3.28. The van der Waals surface area contributed by atoms with Crippen LogP contribution in [0.15, 0.2) is 0 Å². The van der Waals surface area contributed by atoms with E-state index in [0.29, 0.717) is 19.0 Å². The van der Waals surface area contributed by atoms with Gasteiger partial charge in [-0.2, -0.15) is 17.0 Å². The predicted octanol–water partition coefficient (Wildman–Crippen LogP) is -0.538. The molecule has 2 N–H and O–H groups in total. The molecule has 2 unspecified atom stereocenters. The molecule has 0 aliphatic carbocycles. The standard InChI is InChI=1S/C8H19N3O2S/c1-7-4-8(9)6-11(5-7)14(12,13)10(2)3/h7-8H,4-6,9H2,1-3H3. The van der Waals surface area contributed by atoms with E-state index in [0.717, 1.165) is 6.42 Å². The highest BCUT2D eigenvalue weighted by atomic mass is 32.2. The molecule has 14 heavy (non-hydrogen) atoms. The number of nitrogens with two attached hydrogens (primary N) is 1. The highest BCUT2D eigenvalue weighted by Gasteiger charge is 2.31. The van der Waals surface area contributed by atoms with Gasteiger partial charge in [0.25, 0.3) is 10.2 Å². The molecular weight excluding hydrogens is 202 g/mol. The summed E-state index contributed by atoms with van der Waals surface area (Å²) in [5.41, 5.74) is 5.79. The lowest BCUT2D eigenvalue weighted by atomic mass is 9.99. The zero-order valence-corrected chi connectivity index (χ0v) is 9.79. The second-order valence-electron chi connectivity index (χ2n) is 4.21. The Morgan fingerprint density at radius 3 is 2.36 bits per heavy atom. The van der Waals surface area contributed by atoms with Crippen molar-refractivity contribution < 1.29 is 8.42 Å². The van der Waals surface area contributed by atoms with Crippen molar-refractivity contribution in [2.24, 2.45) is 11.7 Å². The first kappa shape index (κ1) is 11.9. The van der Waals surface area contributed by atoms with E-state index in [1.807, 2.05) is 6.92 Å². The Balaban J connectivity index is 2.78. The third-order valence-corrected chi connectivity index (χ3v) is 4.32. The molecule has 0 radical (unpaired) electrons. The van der Waals surface area contributed by atoms with Crippen molar-refractivity contribution in [3.8, 4) is 0 Å². The second kappa shape index (κ2) is 4.14. The van der Waals surface area contributed by atoms with Gasteiger partial charge in [-0.1, -0.05) is 6.92 Å². The van der Waals surface area contributed by atoms with Gasteiger partial charge in [-0.25, -0.2) is 0 Å². The summed E-state index contributed by atoms with van der Waals surface area (Å²) in [5, 5.41) is 0. The molecule has 0 spiro atoms. The molecule has 5 nitrogen and oxygen atoms in total. The van der Waals surface area contributed by atoms with Gasteiger partial charge < -0.3 is 5.73 Å². The van der Waals surface area contributed by atoms with Gasteiger partial charge in [0.05, 0.1) is 0 Å². The van der Waals surface area contributed by atoms with Gasteiger partial charge in [-0.3, -0.25) is 0 Å². The molecule has 0 aromatic heterocycles. The Kier molecular flexibility index (Phi) is 3.52. The fourth-order valence-corrected chi connectivity index (χ4v) is 3.05. The monoisotopic (exact) mass is 221 g/mol. The highest BCUT2D eigenvalue weighted by Crippen LogP contribution is 2.18. The number of hydrogen-bond donors (Lipinski definition) is 1. The van der Waals surface area contributed by atoms with Crippen molar-refractivity contribution in [2.45, 2.75) is 19.4 Å². The molecular formula is C8H19N3O2S. The van der Waals surface area contributed by atoms with Crippen LogP contribution in [0, 0.1) is 5.92 Å². The summed E-state index contributed by atoms with van der Waals surface area (Å²) in [6.07, 6.45) is 0.902. The minimum absolute atomic E-state index is 0.0338. The molecule has 1 aliphatic heterocycles. The predicted molar refractivity (Wildman–Crippen MR) is 55.9 cm³/mol. The summed E-state index contributed by atoms with van der Waals surface area (Å²) in [5.74, 6) is 0.341. The van der Waals surface area contributed by atoms with E-state index in [4.69, 9.17) is 5.73 Å². The lowest BCUT2D eigenvalue weighted by Crippen LogP contribution is -2.51. The molecule has 0 amide bonds. The second-order valence-corrected chi connectivity index (χ2v) is 6.35. The summed E-state index contributed by atoms with van der Waals surface area (Å²) >= 11 is 0. The average molecular weight is 221 g/mol. The highest BCUT2D eigenvalue weighted by molar-refractivity contribution is 7.86. The van der Waals surface area contributed by atoms with Crippen LogP contribution in [-0.2, 0) is 10.2 Å². The Morgan fingerprint density at radius 2 is 1.93 bits per heavy atom. The first-order valence-corrected chi connectivity index (χ1v) is 6.17. The number of hydrogen-bond acceptors (Lipinski definition) is 3. The molecule has 0 aromatic rings. The van der Waals surface area contributed by atoms with E-state index in [1.165, 1.54) is 8.61 Å².